The molecule has 77 valence electrons. The second kappa shape index (κ2) is 3.86. The van der Waals surface area contributed by atoms with Crippen LogP contribution >= 0.6 is 0 Å². The van der Waals surface area contributed by atoms with Crippen LogP contribution in [0.5, 0.6) is 0 Å². The molecule has 0 N–H and O–H groups in total. The van der Waals surface area contributed by atoms with Crippen molar-refractivity contribution in [2.45, 2.75) is 6.04 Å². The number of rotatable bonds is 0. The average Bonchev–Trinajstić information content (AvgIpc) is 2.33. The van der Waals surface area contributed by atoms with Crippen molar-refractivity contribution in [3.05, 3.63) is 84.2 Å². The summed E-state index contributed by atoms with van der Waals surface area (Å²) in [4.78, 5) is 2.20. The van der Waals surface area contributed by atoms with Crippen LogP contribution in [0.2, 0.25) is 0 Å². The highest BCUT2D eigenvalue weighted by molar-refractivity contribution is 5.40. The minimum Gasteiger partial charge on any atom is -0.343 e. The summed E-state index contributed by atoms with van der Waals surface area (Å²) in [5, 5.41) is 0. The summed E-state index contributed by atoms with van der Waals surface area (Å²) in [5.41, 5.74) is 2.46. The van der Waals surface area contributed by atoms with E-state index in [9.17, 15) is 0 Å². The van der Waals surface area contributed by atoms with E-state index < -0.39 is 0 Å². The maximum Gasteiger partial charge on any atom is 0.0773 e. The van der Waals surface area contributed by atoms with Gasteiger partial charge in [0, 0.05) is 12.4 Å². The molecule has 0 fully saturated rings. The van der Waals surface area contributed by atoms with Crippen LogP contribution in [0.4, 0.5) is 0 Å². The first-order valence-corrected chi connectivity index (χ1v) is 5.43. The third-order valence-corrected chi connectivity index (χ3v) is 2.86. The summed E-state index contributed by atoms with van der Waals surface area (Å²) in [6.45, 7) is 0. The molecule has 1 unspecified atom stereocenters. The second-order valence-corrected chi connectivity index (χ2v) is 3.86. The molecule has 1 aromatic carbocycles. The molecule has 0 saturated heterocycles. The summed E-state index contributed by atoms with van der Waals surface area (Å²) in [6.07, 6.45) is 17.8. The monoisotopic (exact) mass is 206 g/mol. The van der Waals surface area contributed by atoms with E-state index in [1.165, 1.54) is 11.1 Å². The molecule has 1 nitrogen and oxygen atoms in total. The minimum atomic E-state index is 0.290. The van der Waals surface area contributed by atoms with Crippen molar-refractivity contribution in [3.63, 3.8) is 0 Å². The topological polar surface area (TPSA) is 3.24 Å². The van der Waals surface area contributed by atoms with Gasteiger partial charge in [0.15, 0.2) is 0 Å². The van der Waals surface area contributed by atoms with Crippen molar-refractivity contribution in [2.24, 2.45) is 0 Å². The smallest absolute Gasteiger partial charge is 0.0773 e. The fourth-order valence-electron chi connectivity index (χ4n) is 2.08. The van der Waals surface area contributed by atoms with Gasteiger partial charge in [-0.25, -0.2) is 0 Å². The maximum atomic E-state index is 3.30. The lowest BCUT2D eigenvalue weighted by molar-refractivity contribution is 0.432. The van der Waals surface area contributed by atoms with Crippen LogP contribution in [0.3, 0.4) is 0 Å². The molecule has 2 aliphatic rings. The van der Waals surface area contributed by atoms with Gasteiger partial charge in [-0.3, -0.25) is 0 Å². The van der Waals surface area contributed by atoms with E-state index in [2.05, 4.69) is 65.9 Å². The largest absolute Gasteiger partial charge is 0.343 e. The zero-order valence-electron chi connectivity index (χ0n) is 8.88. The lowest BCUT2D eigenvalue weighted by atomic mass is 9.96. The van der Waals surface area contributed by atoms with Crippen LogP contribution in [0.25, 0.3) is 0 Å². The van der Waals surface area contributed by atoms with E-state index in [1.54, 1.807) is 0 Å². The number of allylic oxidation sites excluding steroid dienone is 4. The highest BCUT2D eigenvalue weighted by Gasteiger charge is 2.17. The number of fused-ring (bicyclic) bond motifs is 3. The number of hydrogen-bond acceptors (Lipinski definition) is 1. The predicted molar refractivity (Wildman–Crippen MR) is 65.4 cm³/mol. The van der Waals surface area contributed by atoms with Crippen molar-refractivity contribution in [1.82, 2.24) is 4.90 Å². The molecule has 0 amide bonds. The Morgan fingerprint density at radius 1 is 1.00 bits per heavy atom. The van der Waals surface area contributed by atoms with Gasteiger partial charge in [0.25, 0.3) is 0 Å². The normalized spacial score (nSPS) is 25.2. The first kappa shape index (κ1) is 9.22. The van der Waals surface area contributed by atoms with Gasteiger partial charge in [-0.2, -0.15) is 0 Å². The molecular formula is C15H12N. The zero-order valence-corrected chi connectivity index (χ0v) is 8.88. The van der Waals surface area contributed by atoms with E-state index in [0.717, 1.165) is 0 Å². The summed E-state index contributed by atoms with van der Waals surface area (Å²) in [6, 6.07) is 8.69. The fraction of sp³-hybridized carbons (Fsp3) is 0.0667. The average molecular weight is 206 g/mol. The van der Waals surface area contributed by atoms with Crippen molar-refractivity contribution >= 4 is 0 Å². The molecule has 0 aliphatic carbocycles. The Hall–Kier alpha value is -2.02. The van der Waals surface area contributed by atoms with E-state index in [-0.39, 0.29) is 0 Å². The first-order chi connectivity index (χ1) is 7.95. The molecule has 1 aromatic rings. The van der Waals surface area contributed by atoms with Gasteiger partial charge in [0.1, 0.15) is 0 Å². The molecule has 0 aromatic heterocycles. The quantitative estimate of drug-likeness (QED) is 0.629. The van der Waals surface area contributed by atoms with Crippen molar-refractivity contribution < 1.29 is 0 Å². The summed E-state index contributed by atoms with van der Waals surface area (Å²) >= 11 is 0. The lowest BCUT2D eigenvalue weighted by Gasteiger charge is -2.29. The molecule has 1 atom stereocenters. The Morgan fingerprint density at radius 2 is 1.88 bits per heavy atom. The van der Waals surface area contributed by atoms with E-state index in [4.69, 9.17) is 0 Å². The molecule has 0 bridgehead atoms. The van der Waals surface area contributed by atoms with Crippen molar-refractivity contribution in [3.8, 4) is 0 Å². The maximum absolute atomic E-state index is 3.30. The van der Waals surface area contributed by atoms with Gasteiger partial charge >= 0.3 is 0 Å². The Morgan fingerprint density at radius 3 is 2.88 bits per heavy atom. The zero-order chi connectivity index (χ0) is 10.8. The van der Waals surface area contributed by atoms with E-state index in [1.807, 2.05) is 12.2 Å². The van der Waals surface area contributed by atoms with Gasteiger partial charge < -0.3 is 4.90 Å². The van der Waals surface area contributed by atoms with Crippen molar-refractivity contribution in [2.75, 3.05) is 0 Å². The molecule has 0 spiro atoms. The Balaban J connectivity index is 2.16. The van der Waals surface area contributed by atoms with Crippen LogP contribution in [0.15, 0.2) is 67.0 Å². The van der Waals surface area contributed by atoms with Crippen LogP contribution < -0.4 is 0 Å². The molecular weight excluding hydrogens is 194 g/mol. The van der Waals surface area contributed by atoms with E-state index in [0.29, 0.717) is 6.04 Å². The molecule has 0 saturated carbocycles. The van der Waals surface area contributed by atoms with Crippen molar-refractivity contribution in [1.29, 1.82) is 0 Å². The third-order valence-electron chi connectivity index (χ3n) is 2.86. The number of nitrogens with zero attached hydrogens (tertiary/aromatic N) is 1. The number of hydrogen-bond donors (Lipinski definition) is 0. The molecule has 1 heteroatoms. The standard InChI is InChI=1S/C15H12N/c1-2-9-14-13(7-1)8-3-5-11-16-12-6-4-10-15(14)16/h1-7,9-12,15H/b8-3?,11-5-. The summed E-state index contributed by atoms with van der Waals surface area (Å²) in [7, 11) is 0. The summed E-state index contributed by atoms with van der Waals surface area (Å²) < 4.78 is 0. The van der Waals surface area contributed by atoms with Gasteiger partial charge in [0.05, 0.1) is 6.04 Å². The van der Waals surface area contributed by atoms with E-state index >= 15 is 0 Å². The SMILES string of the molecule is [C]1=C\C=C/N2C=CC=CC2c2ccccc2/1. The minimum absolute atomic E-state index is 0.290. The Kier molecular flexibility index (Phi) is 2.22. The molecule has 2 heterocycles. The van der Waals surface area contributed by atoms with Crippen LogP contribution in [0.1, 0.15) is 17.2 Å². The predicted octanol–water partition coefficient (Wildman–Crippen LogP) is 3.35. The third kappa shape index (κ3) is 1.50. The Bertz CT molecular complexity index is 506. The lowest BCUT2D eigenvalue weighted by Crippen LogP contribution is -2.19. The molecule has 2 aliphatic heterocycles. The molecule has 16 heavy (non-hydrogen) atoms. The highest BCUT2D eigenvalue weighted by Crippen LogP contribution is 2.29. The van der Waals surface area contributed by atoms with Gasteiger partial charge in [-0.1, -0.05) is 42.5 Å². The molecule has 1 radical (unpaired) electrons. The van der Waals surface area contributed by atoms with Gasteiger partial charge in [0.2, 0.25) is 0 Å². The van der Waals surface area contributed by atoms with Crippen LogP contribution in [-0.4, -0.2) is 4.90 Å². The number of benzene rings is 1. The first-order valence-electron chi connectivity index (χ1n) is 5.43. The summed E-state index contributed by atoms with van der Waals surface area (Å²) in [5.74, 6) is 0. The highest BCUT2D eigenvalue weighted by atomic mass is 15.1. The van der Waals surface area contributed by atoms with Crippen LogP contribution in [-0.2, 0) is 0 Å². The second-order valence-electron chi connectivity index (χ2n) is 3.86. The van der Waals surface area contributed by atoms with Gasteiger partial charge in [-0.05, 0) is 29.4 Å². The van der Waals surface area contributed by atoms with Crippen LogP contribution in [0, 0.1) is 6.08 Å². The van der Waals surface area contributed by atoms with Gasteiger partial charge in [-0.15, -0.1) is 0 Å². The Labute approximate surface area is 95.7 Å². The fourth-order valence-corrected chi connectivity index (χ4v) is 2.08. The molecule has 3 rings (SSSR count).